The second kappa shape index (κ2) is 16.0. The van der Waals surface area contributed by atoms with Crippen molar-refractivity contribution in [1.82, 2.24) is 5.32 Å². The van der Waals surface area contributed by atoms with Crippen molar-refractivity contribution in [2.24, 2.45) is 5.73 Å². The predicted octanol–water partition coefficient (Wildman–Crippen LogP) is 7.97. The second-order valence-electron chi connectivity index (χ2n) is 10.4. The number of nitrogens with one attached hydrogen (secondary N) is 3. The van der Waals surface area contributed by atoms with Crippen LogP contribution in [0.2, 0.25) is 10.0 Å². The monoisotopic (exact) mass is 694 g/mol. The number of thioether (sulfide) groups is 1. The van der Waals surface area contributed by atoms with Gasteiger partial charge in [0.05, 0.1) is 0 Å². The van der Waals surface area contributed by atoms with Gasteiger partial charge in [-0.2, -0.15) is 0 Å². The van der Waals surface area contributed by atoms with Gasteiger partial charge in [0.1, 0.15) is 10.9 Å². The lowest BCUT2D eigenvalue weighted by atomic mass is 10.1. The Kier molecular flexibility index (Phi) is 11.3. The first-order valence-corrected chi connectivity index (χ1v) is 16.2. The van der Waals surface area contributed by atoms with E-state index < -0.39 is 23.0 Å². The zero-order chi connectivity index (χ0) is 34.0. The number of carbonyl (C=O) groups excluding carboxylic acids is 4. The fraction of sp³-hybridized carbons (Fsp3) is 0.0270. The lowest BCUT2D eigenvalue weighted by molar-refractivity contribution is -0.116. The molecule has 5 aromatic rings. The van der Waals surface area contributed by atoms with Gasteiger partial charge in [0.25, 0.3) is 11.8 Å². The molecule has 4 amide bonds. The van der Waals surface area contributed by atoms with Crippen molar-refractivity contribution < 1.29 is 19.2 Å². The first-order valence-electron chi connectivity index (χ1n) is 14.5. The molecule has 0 spiro atoms. The Balaban J connectivity index is 1.33. The molecule has 1 unspecified atom stereocenters. The van der Waals surface area contributed by atoms with Crippen LogP contribution in [0.5, 0.6) is 0 Å². The topological polar surface area (TPSA) is 130 Å². The van der Waals surface area contributed by atoms with Gasteiger partial charge in [0.15, 0.2) is 0 Å². The average molecular weight is 696 g/mol. The molecule has 0 aromatic heterocycles. The van der Waals surface area contributed by atoms with Gasteiger partial charge in [-0.1, -0.05) is 77.8 Å². The van der Waals surface area contributed by atoms with Crippen LogP contribution in [0.15, 0.2) is 138 Å². The Morgan fingerprint density at radius 3 is 1.92 bits per heavy atom. The number of benzene rings is 5. The van der Waals surface area contributed by atoms with Gasteiger partial charge in [-0.3, -0.25) is 19.2 Å². The van der Waals surface area contributed by atoms with Crippen LogP contribution in [-0.4, -0.2) is 23.6 Å². The molecule has 5 N–H and O–H groups in total. The Labute approximate surface area is 291 Å². The SMILES string of the molecule is NC(=O)c1ccc(NC(=O)C(Sc2ccc(NC(=O)/C(=C/c3ccc(Cl)cc3Cl)NC(=O)c3ccccc3)cc2)c2ccccc2)cc1. The van der Waals surface area contributed by atoms with Crippen LogP contribution in [0, 0.1) is 0 Å². The van der Waals surface area contributed by atoms with E-state index in [1.54, 1.807) is 97.1 Å². The van der Waals surface area contributed by atoms with Gasteiger partial charge in [-0.15, -0.1) is 11.8 Å². The molecule has 0 saturated heterocycles. The van der Waals surface area contributed by atoms with Crippen molar-refractivity contribution in [3.63, 3.8) is 0 Å². The number of anilines is 2. The summed E-state index contributed by atoms with van der Waals surface area (Å²) in [4.78, 5) is 52.1. The maximum atomic E-state index is 13.5. The number of halogens is 2. The highest BCUT2D eigenvalue weighted by Gasteiger charge is 2.23. The van der Waals surface area contributed by atoms with Crippen LogP contribution in [0.1, 0.15) is 37.1 Å². The fourth-order valence-electron chi connectivity index (χ4n) is 4.49. The first kappa shape index (κ1) is 34.0. The summed E-state index contributed by atoms with van der Waals surface area (Å²) >= 11 is 13.7. The van der Waals surface area contributed by atoms with Crippen molar-refractivity contribution in [2.45, 2.75) is 10.1 Å². The highest BCUT2D eigenvalue weighted by molar-refractivity contribution is 8.00. The minimum absolute atomic E-state index is 0.0313. The highest BCUT2D eigenvalue weighted by Crippen LogP contribution is 2.37. The lowest BCUT2D eigenvalue weighted by Gasteiger charge is -2.18. The molecular formula is C37H28Cl2N4O4S. The molecular weight excluding hydrogens is 667 g/mol. The van der Waals surface area contributed by atoms with E-state index in [4.69, 9.17) is 28.9 Å². The fourth-order valence-corrected chi connectivity index (χ4v) is 5.98. The normalized spacial score (nSPS) is 11.7. The number of amides is 4. The zero-order valence-electron chi connectivity index (χ0n) is 25.2. The van der Waals surface area contributed by atoms with Crippen LogP contribution >= 0.6 is 35.0 Å². The molecule has 0 radical (unpaired) electrons. The van der Waals surface area contributed by atoms with E-state index in [1.165, 1.54) is 17.8 Å². The number of carbonyl (C=O) groups is 4. The molecule has 0 aliphatic rings. The van der Waals surface area contributed by atoms with Crippen molar-refractivity contribution in [1.29, 1.82) is 0 Å². The van der Waals surface area contributed by atoms with Crippen LogP contribution < -0.4 is 21.7 Å². The van der Waals surface area contributed by atoms with Crippen LogP contribution in [-0.2, 0) is 9.59 Å². The van der Waals surface area contributed by atoms with Crippen molar-refractivity contribution in [3.05, 3.63) is 165 Å². The molecule has 8 nitrogen and oxygen atoms in total. The second-order valence-corrected chi connectivity index (χ2v) is 12.4. The summed E-state index contributed by atoms with van der Waals surface area (Å²) in [5, 5.41) is 8.53. The van der Waals surface area contributed by atoms with Crippen LogP contribution in [0.25, 0.3) is 6.08 Å². The summed E-state index contributed by atoms with van der Waals surface area (Å²) in [5.74, 6) is -1.86. The number of primary amides is 1. The van der Waals surface area contributed by atoms with E-state index in [1.807, 2.05) is 30.3 Å². The van der Waals surface area contributed by atoms with E-state index in [9.17, 15) is 19.2 Å². The standard InChI is InChI=1S/C37H28Cl2N4O4S/c38-27-14-11-26(31(39)22-27)21-32(43-35(45)25-9-5-2-6-10-25)36(46)41-29-17-19-30(20-18-29)48-33(23-7-3-1-4-8-23)37(47)42-28-15-12-24(13-16-28)34(40)44/h1-22,33H,(H2,40,44)(H,41,46)(H,42,47)(H,43,45)/b32-21-. The summed E-state index contributed by atoms with van der Waals surface area (Å²) in [7, 11) is 0. The Morgan fingerprint density at radius 1 is 0.688 bits per heavy atom. The molecule has 0 heterocycles. The Hall–Kier alpha value is -5.35. The maximum absolute atomic E-state index is 13.5. The van der Waals surface area contributed by atoms with Gasteiger partial charge in [0.2, 0.25) is 11.8 Å². The summed E-state index contributed by atoms with van der Waals surface area (Å²) < 4.78 is 0. The summed E-state index contributed by atoms with van der Waals surface area (Å²) in [6.45, 7) is 0. The minimum Gasteiger partial charge on any atom is -0.366 e. The molecule has 240 valence electrons. The van der Waals surface area contributed by atoms with Crippen LogP contribution in [0.3, 0.4) is 0 Å². The molecule has 5 aromatic carbocycles. The molecule has 0 aliphatic carbocycles. The molecule has 1 atom stereocenters. The maximum Gasteiger partial charge on any atom is 0.272 e. The third kappa shape index (κ3) is 9.13. The Morgan fingerprint density at radius 2 is 1.29 bits per heavy atom. The molecule has 0 fully saturated rings. The molecule has 48 heavy (non-hydrogen) atoms. The van der Waals surface area contributed by atoms with E-state index in [0.717, 1.165) is 10.5 Å². The molecule has 11 heteroatoms. The van der Waals surface area contributed by atoms with Crippen LogP contribution in [0.4, 0.5) is 11.4 Å². The van der Waals surface area contributed by atoms with E-state index >= 15 is 0 Å². The van der Waals surface area contributed by atoms with Gasteiger partial charge in [-0.05, 0) is 90.0 Å². The number of nitrogens with two attached hydrogens (primary N) is 1. The molecule has 0 bridgehead atoms. The first-order chi connectivity index (χ1) is 23.2. The molecule has 5 rings (SSSR count). The van der Waals surface area contributed by atoms with Gasteiger partial charge in [-0.25, -0.2) is 0 Å². The third-order valence-corrected chi connectivity index (χ3v) is 8.76. The predicted molar refractivity (Wildman–Crippen MR) is 192 cm³/mol. The van der Waals surface area contributed by atoms with Gasteiger partial charge < -0.3 is 21.7 Å². The molecule has 0 aliphatic heterocycles. The summed E-state index contributed by atoms with van der Waals surface area (Å²) in [6, 6.07) is 36.0. The third-order valence-electron chi connectivity index (χ3n) is 6.93. The number of hydrogen-bond donors (Lipinski definition) is 4. The van der Waals surface area contributed by atoms with E-state index in [-0.39, 0.29) is 11.6 Å². The van der Waals surface area contributed by atoms with Crippen molar-refractivity contribution in [3.8, 4) is 0 Å². The highest BCUT2D eigenvalue weighted by atomic mass is 35.5. The average Bonchev–Trinajstić information content (AvgIpc) is 3.09. The van der Waals surface area contributed by atoms with Gasteiger partial charge in [0, 0.05) is 37.4 Å². The summed E-state index contributed by atoms with van der Waals surface area (Å²) in [6.07, 6.45) is 1.48. The van der Waals surface area contributed by atoms with E-state index in [2.05, 4.69) is 16.0 Å². The smallest absolute Gasteiger partial charge is 0.272 e. The van der Waals surface area contributed by atoms with Crippen molar-refractivity contribution in [2.75, 3.05) is 10.6 Å². The number of rotatable bonds is 11. The van der Waals surface area contributed by atoms with Gasteiger partial charge >= 0.3 is 0 Å². The summed E-state index contributed by atoms with van der Waals surface area (Å²) in [5.41, 5.74) is 8.26. The molecule has 0 saturated carbocycles. The quantitative estimate of drug-likeness (QED) is 0.0823. The van der Waals surface area contributed by atoms with E-state index in [0.29, 0.717) is 38.1 Å². The Bertz CT molecular complexity index is 1970. The minimum atomic E-state index is -0.616. The zero-order valence-corrected chi connectivity index (χ0v) is 27.5. The number of hydrogen-bond acceptors (Lipinski definition) is 5. The largest absolute Gasteiger partial charge is 0.366 e. The van der Waals surface area contributed by atoms with Crippen molar-refractivity contribution >= 4 is 76.0 Å². The lowest BCUT2D eigenvalue weighted by Crippen LogP contribution is -2.30.